The number of aliphatic carboxylic acids is 1. The molecule has 1 aromatic rings. The molecule has 0 fully saturated rings. The van der Waals surface area contributed by atoms with Crippen LogP contribution in [0.4, 0.5) is 0 Å². The SMILES string of the molecule is CN(C(=O)[C@@H](N)c1ccccc1)C(C)(C)C(=O)O. The largest absolute Gasteiger partial charge is 0.480 e. The standard InChI is InChI=1S/C13H18N2O3/c1-13(2,12(17)18)15(3)11(16)10(14)9-7-5-4-6-8-9/h4-8,10H,14H2,1-3H3,(H,17,18)/t10-/m0/s1. The second kappa shape index (κ2) is 5.18. The molecule has 18 heavy (non-hydrogen) atoms. The van der Waals surface area contributed by atoms with E-state index >= 15 is 0 Å². The van der Waals surface area contributed by atoms with Gasteiger partial charge in [-0.3, -0.25) is 4.79 Å². The van der Waals surface area contributed by atoms with Crippen LogP contribution in [0.2, 0.25) is 0 Å². The van der Waals surface area contributed by atoms with Crippen LogP contribution in [-0.4, -0.2) is 34.5 Å². The molecule has 0 aliphatic carbocycles. The summed E-state index contributed by atoms with van der Waals surface area (Å²) in [6.07, 6.45) is 0. The van der Waals surface area contributed by atoms with Gasteiger partial charge >= 0.3 is 5.97 Å². The molecule has 0 aliphatic rings. The molecule has 1 atom stereocenters. The summed E-state index contributed by atoms with van der Waals surface area (Å²) in [5, 5.41) is 9.08. The maximum absolute atomic E-state index is 12.1. The summed E-state index contributed by atoms with van der Waals surface area (Å²) < 4.78 is 0. The van der Waals surface area contributed by atoms with Gasteiger partial charge in [0.05, 0.1) is 0 Å². The molecule has 0 saturated carbocycles. The van der Waals surface area contributed by atoms with Crippen molar-refractivity contribution in [3.63, 3.8) is 0 Å². The van der Waals surface area contributed by atoms with Crippen molar-refractivity contribution in [2.75, 3.05) is 7.05 Å². The van der Waals surface area contributed by atoms with Crippen LogP contribution in [0, 0.1) is 0 Å². The topological polar surface area (TPSA) is 83.6 Å². The number of nitrogens with zero attached hydrogens (tertiary/aromatic N) is 1. The first-order valence-corrected chi connectivity index (χ1v) is 5.60. The van der Waals surface area contributed by atoms with Crippen molar-refractivity contribution in [1.29, 1.82) is 0 Å². The molecule has 0 bridgehead atoms. The minimum absolute atomic E-state index is 0.423. The van der Waals surface area contributed by atoms with Crippen LogP contribution in [-0.2, 0) is 9.59 Å². The molecule has 1 rings (SSSR count). The second-order valence-corrected chi connectivity index (χ2v) is 4.65. The van der Waals surface area contributed by atoms with Gasteiger partial charge in [0.1, 0.15) is 11.6 Å². The Hall–Kier alpha value is -1.88. The molecule has 1 aromatic carbocycles. The first kappa shape index (κ1) is 14.2. The third-order valence-electron chi connectivity index (χ3n) is 3.12. The van der Waals surface area contributed by atoms with Crippen LogP contribution in [0.3, 0.4) is 0 Å². The molecule has 0 saturated heterocycles. The fourth-order valence-electron chi connectivity index (χ4n) is 1.43. The number of hydrogen-bond acceptors (Lipinski definition) is 3. The van der Waals surface area contributed by atoms with Crippen molar-refractivity contribution in [3.8, 4) is 0 Å². The average Bonchev–Trinajstić information content (AvgIpc) is 2.36. The zero-order valence-corrected chi connectivity index (χ0v) is 10.8. The molecule has 5 heteroatoms. The minimum Gasteiger partial charge on any atom is -0.480 e. The summed E-state index contributed by atoms with van der Waals surface area (Å²) in [5.41, 5.74) is 5.23. The van der Waals surface area contributed by atoms with Crippen molar-refractivity contribution in [2.24, 2.45) is 5.73 Å². The smallest absolute Gasteiger partial charge is 0.329 e. The lowest BCUT2D eigenvalue weighted by Gasteiger charge is -2.33. The van der Waals surface area contributed by atoms with Crippen molar-refractivity contribution in [3.05, 3.63) is 35.9 Å². The number of carboxylic acids is 1. The Balaban J connectivity index is 2.92. The number of likely N-dealkylation sites (N-methyl/N-ethyl adjacent to an activating group) is 1. The van der Waals surface area contributed by atoms with E-state index in [1.807, 2.05) is 6.07 Å². The highest BCUT2D eigenvalue weighted by atomic mass is 16.4. The Kier molecular flexibility index (Phi) is 4.08. The van der Waals surface area contributed by atoms with Crippen LogP contribution in [0.25, 0.3) is 0 Å². The van der Waals surface area contributed by atoms with Gasteiger partial charge in [-0.15, -0.1) is 0 Å². The number of carbonyl (C=O) groups excluding carboxylic acids is 1. The van der Waals surface area contributed by atoms with Gasteiger partial charge < -0.3 is 15.7 Å². The molecule has 0 unspecified atom stereocenters. The van der Waals surface area contributed by atoms with E-state index in [0.717, 1.165) is 4.90 Å². The fourth-order valence-corrected chi connectivity index (χ4v) is 1.43. The Labute approximate surface area is 106 Å². The summed E-state index contributed by atoms with van der Waals surface area (Å²) in [5.74, 6) is -1.49. The maximum Gasteiger partial charge on any atom is 0.329 e. The Bertz CT molecular complexity index is 443. The Morgan fingerprint density at radius 2 is 1.78 bits per heavy atom. The number of benzene rings is 1. The number of nitrogens with two attached hydrogens (primary N) is 1. The van der Waals surface area contributed by atoms with Crippen LogP contribution in [0.1, 0.15) is 25.5 Å². The highest BCUT2D eigenvalue weighted by molar-refractivity contribution is 5.89. The van der Waals surface area contributed by atoms with Crippen molar-refractivity contribution >= 4 is 11.9 Å². The van der Waals surface area contributed by atoms with E-state index in [1.54, 1.807) is 24.3 Å². The molecular formula is C13H18N2O3. The molecule has 0 radical (unpaired) electrons. The number of amides is 1. The average molecular weight is 250 g/mol. The number of rotatable bonds is 4. The molecule has 0 spiro atoms. The number of carbonyl (C=O) groups is 2. The molecule has 98 valence electrons. The monoisotopic (exact) mass is 250 g/mol. The first-order valence-electron chi connectivity index (χ1n) is 5.60. The van der Waals surface area contributed by atoms with Crippen molar-refractivity contribution < 1.29 is 14.7 Å². The summed E-state index contributed by atoms with van der Waals surface area (Å²) in [6, 6.07) is 8.02. The van der Waals surface area contributed by atoms with Gasteiger partial charge in [-0.25, -0.2) is 4.79 Å². The van der Waals surface area contributed by atoms with E-state index in [0.29, 0.717) is 5.56 Å². The molecular weight excluding hydrogens is 232 g/mol. The predicted octanol–water partition coefficient (Wildman–Crippen LogP) is 1.01. The lowest BCUT2D eigenvalue weighted by molar-refractivity contribution is -0.155. The third-order valence-corrected chi connectivity index (χ3v) is 3.12. The third kappa shape index (κ3) is 2.68. The van der Waals surface area contributed by atoms with Gasteiger partial charge in [0.2, 0.25) is 5.91 Å². The van der Waals surface area contributed by atoms with Crippen molar-refractivity contribution in [2.45, 2.75) is 25.4 Å². The Morgan fingerprint density at radius 1 is 1.28 bits per heavy atom. The van der Waals surface area contributed by atoms with E-state index in [9.17, 15) is 9.59 Å². The lowest BCUT2D eigenvalue weighted by atomic mass is 10.0. The van der Waals surface area contributed by atoms with E-state index in [1.165, 1.54) is 20.9 Å². The minimum atomic E-state index is -1.29. The van der Waals surface area contributed by atoms with E-state index in [4.69, 9.17) is 10.8 Å². The molecule has 0 aliphatic heterocycles. The second-order valence-electron chi connectivity index (χ2n) is 4.65. The van der Waals surface area contributed by atoms with Crippen molar-refractivity contribution in [1.82, 2.24) is 4.90 Å². The Morgan fingerprint density at radius 3 is 2.22 bits per heavy atom. The van der Waals surface area contributed by atoms with Gasteiger partial charge in [-0.05, 0) is 19.4 Å². The lowest BCUT2D eigenvalue weighted by Crippen LogP contribution is -2.53. The molecule has 1 amide bonds. The molecule has 5 nitrogen and oxygen atoms in total. The zero-order chi connectivity index (χ0) is 13.9. The predicted molar refractivity (Wildman–Crippen MR) is 67.9 cm³/mol. The van der Waals surface area contributed by atoms with Gasteiger partial charge in [0, 0.05) is 7.05 Å². The van der Waals surface area contributed by atoms with Gasteiger partial charge in [-0.1, -0.05) is 30.3 Å². The number of hydrogen-bond donors (Lipinski definition) is 2. The van der Waals surface area contributed by atoms with Gasteiger partial charge in [0.25, 0.3) is 0 Å². The van der Waals surface area contributed by atoms with Gasteiger partial charge in [-0.2, -0.15) is 0 Å². The van der Waals surface area contributed by atoms with Crippen LogP contribution >= 0.6 is 0 Å². The molecule has 3 N–H and O–H groups in total. The van der Waals surface area contributed by atoms with E-state index in [-0.39, 0.29) is 0 Å². The summed E-state index contributed by atoms with van der Waals surface area (Å²) in [6.45, 7) is 2.93. The zero-order valence-electron chi connectivity index (χ0n) is 10.8. The normalized spacial score (nSPS) is 12.9. The maximum atomic E-state index is 12.1. The van der Waals surface area contributed by atoms with Crippen LogP contribution in [0.5, 0.6) is 0 Å². The number of carboxylic acid groups (broad SMARTS) is 1. The van der Waals surface area contributed by atoms with E-state index in [2.05, 4.69) is 0 Å². The van der Waals surface area contributed by atoms with Crippen LogP contribution < -0.4 is 5.73 Å². The highest BCUT2D eigenvalue weighted by Gasteiger charge is 2.37. The quantitative estimate of drug-likeness (QED) is 0.835. The summed E-state index contributed by atoms with van der Waals surface area (Å²) in [4.78, 5) is 24.4. The van der Waals surface area contributed by atoms with Crippen LogP contribution in [0.15, 0.2) is 30.3 Å². The summed E-state index contributed by atoms with van der Waals surface area (Å²) >= 11 is 0. The molecule has 0 aromatic heterocycles. The highest BCUT2D eigenvalue weighted by Crippen LogP contribution is 2.19. The van der Waals surface area contributed by atoms with E-state index < -0.39 is 23.5 Å². The van der Waals surface area contributed by atoms with Gasteiger partial charge in [0.15, 0.2) is 0 Å². The first-order chi connectivity index (χ1) is 8.28. The summed E-state index contributed by atoms with van der Waals surface area (Å²) in [7, 11) is 1.44. The fraction of sp³-hybridized carbons (Fsp3) is 0.385. The molecule has 0 heterocycles.